The SMILES string of the molecule is CCC1(C(=O)N2CC3(CN(C(=O)c4ccc5[nH]ccc5c4)CCO3)C2)CCC1. The summed E-state index contributed by atoms with van der Waals surface area (Å²) >= 11 is 0. The van der Waals surface area contributed by atoms with Gasteiger partial charge in [0, 0.05) is 34.6 Å². The van der Waals surface area contributed by atoms with E-state index in [-0.39, 0.29) is 22.8 Å². The largest absolute Gasteiger partial charge is 0.368 e. The number of likely N-dealkylation sites (tertiary alicyclic amines) is 1. The van der Waals surface area contributed by atoms with Gasteiger partial charge in [0.25, 0.3) is 5.91 Å². The Morgan fingerprint density at radius 3 is 2.64 bits per heavy atom. The maximum Gasteiger partial charge on any atom is 0.254 e. The molecule has 1 N–H and O–H groups in total. The van der Waals surface area contributed by atoms with Crippen molar-refractivity contribution in [3.63, 3.8) is 0 Å². The van der Waals surface area contributed by atoms with E-state index in [1.54, 1.807) is 0 Å². The summed E-state index contributed by atoms with van der Waals surface area (Å²) in [5.74, 6) is 0.330. The van der Waals surface area contributed by atoms with Crippen LogP contribution >= 0.6 is 0 Å². The lowest BCUT2D eigenvalue weighted by atomic mass is 9.65. The van der Waals surface area contributed by atoms with E-state index in [0.29, 0.717) is 38.3 Å². The van der Waals surface area contributed by atoms with Crippen LogP contribution in [0.15, 0.2) is 30.5 Å². The maximum atomic E-state index is 13.0. The number of H-pyrrole nitrogens is 1. The van der Waals surface area contributed by atoms with Crippen LogP contribution in [0.25, 0.3) is 10.9 Å². The third kappa shape index (κ3) is 2.65. The minimum Gasteiger partial charge on any atom is -0.368 e. The van der Waals surface area contributed by atoms with Crippen LogP contribution in [0.3, 0.4) is 0 Å². The molecule has 3 heterocycles. The Morgan fingerprint density at radius 1 is 1.14 bits per heavy atom. The number of carbonyl (C=O) groups is 2. The zero-order valence-electron chi connectivity index (χ0n) is 16.4. The first kappa shape index (κ1) is 17.7. The highest BCUT2D eigenvalue weighted by Crippen LogP contribution is 2.47. The minimum atomic E-state index is -0.388. The lowest BCUT2D eigenvalue weighted by molar-refractivity contribution is -0.196. The summed E-state index contributed by atoms with van der Waals surface area (Å²) in [7, 11) is 0. The smallest absolute Gasteiger partial charge is 0.254 e. The van der Waals surface area contributed by atoms with Crippen molar-refractivity contribution in [2.45, 2.75) is 38.2 Å². The number of aromatic amines is 1. The van der Waals surface area contributed by atoms with Crippen molar-refractivity contribution in [1.29, 1.82) is 0 Å². The normalized spacial score (nSPS) is 22.8. The van der Waals surface area contributed by atoms with Crippen LogP contribution in [-0.2, 0) is 9.53 Å². The topological polar surface area (TPSA) is 65.6 Å². The predicted molar refractivity (Wildman–Crippen MR) is 106 cm³/mol. The Bertz CT molecular complexity index is 918. The highest BCUT2D eigenvalue weighted by Gasteiger charge is 2.54. The molecule has 0 atom stereocenters. The number of nitrogens with zero attached hydrogens (tertiary/aromatic N) is 2. The van der Waals surface area contributed by atoms with Crippen molar-refractivity contribution in [3.8, 4) is 0 Å². The number of morpholine rings is 1. The van der Waals surface area contributed by atoms with E-state index in [1.807, 2.05) is 40.3 Å². The van der Waals surface area contributed by atoms with Gasteiger partial charge in [-0.25, -0.2) is 0 Å². The fourth-order valence-corrected chi connectivity index (χ4v) is 5.03. The molecule has 6 nitrogen and oxygen atoms in total. The van der Waals surface area contributed by atoms with Crippen LogP contribution in [-0.4, -0.2) is 65.0 Å². The predicted octanol–water partition coefficient (Wildman–Crippen LogP) is 2.80. The lowest BCUT2D eigenvalue weighted by Crippen LogP contribution is -2.73. The van der Waals surface area contributed by atoms with Gasteiger partial charge in [0.15, 0.2) is 0 Å². The molecule has 0 bridgehead atoms. The molecule has 5 rings (SSSR count). The summed E-state index contributed by atoms with van der Waals surface area (Å²) in [5.41, 5.74) is 1.22. The highest BCUT2D eigenvalue weighted by molar-refractivity contribution is 5.98. The number of ether oxygens (including phenoxy) is 1. The third-order valence-corrected chi connectivity index (χ3v) is 7.02. The van der Waals surface area contributed by atoms with Gasteiger partial charge in [0.1, 0.15) is 5.60 Å². The highest BCUT2D eigenvalue weighted by atomic mass is 16.5. The van der Waals surface area contributed by atoms with E-state index in [1.165, 1.54) is 0 Å². The van der Waals surface area contributed by atoms with Crippen molar-refractivity contribution < 1.29 is 14.3 Å². The molecule has 0 radical (unpaired) electrons. The fraction of sp³-hybridized carbons (Fsp3) is 0.545. The van der Waals surface area contributed by atoms with E-state index in [0.717, 1.165) is 36.6 Å². The number of hydrogen-bond acceptors (Lipinski definition) is 3. The average molecular weight is 381 g/mol. The standard InChI is InChI=1S/C22H27N3O3/c1-2-21(7-3-8-21)20(27)25-14-22(15-25)13-24(10-11-28-22)19(26)17-4-5-18-16(12-17)6-9-23-18/h4-6,9,12,23H,2-3,7-8,10-11,13-15H2,1H3. The molecule has 0 unspecified atom stereocenters. The Morgan fingerprint density at radius 2 is 1.93 bits per heavy atom. The van der Waals surface area contributed by atoms with Crippen molar-refractivity contribution in [3.05, 3.63) is 36.0 Å². The molecule has 1 spiro atoms. The van der Waals surface area contributed by atoms with Crippen molar-refractivity contribution >= 4 is 22.7 Å². The Balaban J connectivity index is 1.26. The molecule has 1 aromatic heterocycles. The molecule has 3 aliphatic rings. The number of amides is 2. The molecular formula is C22H27N3O3. The summed E-state index contributed by atoms with van der Waals surface area (Å²) in [6.45, 7) is 5.01. The summed E-state index contributed by atoms with van der Waals surface area (Å²) in [6.07, 6.45) is 5.98. The zero-order chi connectivity index (χ0) is 19.4. The monoisotopic (exact) mass is 381 g/mol. The van der Waals surface area contributed by atoms with Crippen LogP contribution in [0, 0.1) is 5.41 Å². The summed E-state index contributed by atoms with van der Waals surface area (Å²) < 4.78 is 6.06. The van der Waals surface area contributed by atoms with E-state index < -0.39 is 0 Å². The molecule has 1 aromatic carbocycles. The molecule has 2 aliphatic heterocycles. The molecule has 2 aromatic rings. The summed E-state index contributed by atoms with van der Waals surface area (Å²) in [6, 6.07) is 7.74. The molecule has 148 valence electrons. The van der Waals surface area contributed by atoms with Gasteiger partial charge in [-0.3, -0.25) is 9.59 Å². The first-order chi connectivity index (χ1) is 13.5. The van der Waals surface area contributed by atoms with Crippen molar-refractivity contribution in [1.82, 2.24) is 14.8 Å². The Hall–Kier alpha value is -2.34. The molecular weight excluding hydrogens is 354 g/mol. The van der Waals surface area contributed by atoms with Gasteiger partial charge < -0.3 is 19.5 Å². The number of rotatable bonds is 3. The molecule has 6 heteroatoms. The second-order valence-electron chi connectivity index (χ2n) is 8.69. The van der Waals surface area contributed by atoms with Crippen LogP contribution in [0.5, 0.6) is 0 Å². The number of hydrogen-bond donors (Lipinski definition) is 1. The van der Waals surface area contributed by atoms with Crippen molar-refractivity contribution in [2.24, 2.45) is 5.41 Å². The first-order valence-corrected chi connectivity index (χ1v) is 10.3. The number of benzene rings is 1. The summed E-state index contributed by atoms with van der Waals surface area (Å²) in [5, 5.41) is 1.04. The molecule has 2 amide bonds. The zero-order valence-corrected chi connectivity index (χ0v) is 16.4. The number of aromatic nitrogens is 1. The third-order valence-electron chi connectivity index (χ3n) is 7.02. The Kier molecular flexibility index (Phi) is 4.02. The molecule has 1 aliphatic carbocycles. The van der Waals surface area contributed by atoms with Gasteiger partial charge in [-0.1, -0.05) is 13.3 Å². The first-order valence-electron chi connectivity index (χ1n) is 10.3. The fourth-order valence-electron chi connectivity index (χ4n) is 5.03. The van der Waals surface area contributed by atoms with Crippen LogP contribution < -0.4 is 0 Å². The van der Waals surface area contributed by atoms with E-state index >= 15 is 0 Å². The molecule has 3 fully saturated rings. The van der Waals surface area contributed by atoms with Gasteiger partial charge in [0.05, 0.1) is 26.2 Å². The van der Waals surface area contributed by atoms with Gasteiger partial charge in [-0.2, -0.15) is 0 Å². The maximum absolute atomic E-state index is 13.0. The van der Waals surface area contributed by atoms with Gasteiger partial charge in [-0.15, -0.1) is 0 Å². The summed E-state index contributed by atoms with van der Waals surface area (Å²) in [4.78, 5) is 32.9. The van der Waals surface area contributed by atoms with Crippen LogP contribution in [0.4, 0.5) is 0 Å². The number of fused-ring (bicyclic) bond motifs is 1. The molecule has 2 saturated heterocycles. The Labute approximate surface area is 164 Å². The van der Waals surface area contributed by atoms with Gasteiger partial charge in [0.2, 0.25) is 5.91 Å². The van der Waals surface area contributed by atoms with Gasteiger partial charge >= 0.3 is 0 Å². The number of nitrogens with one attached hydrogen (secondary N) is 1. The van der Waals surface area contributed by atoms with E-state index in [9.17, 15) is 9.59 Å². The molecule has 1 saturated carbocycles. The second kappa shape index (κ2) is 6.34. The number of carbonyl (C=O) groups excluding carboxylic acids is 2. The second-order valence-corrected chi connectivity index (χ2v) is 8.69. The average Bonchev–Trinajstić information content (AvgIpc) is 3.12. The van der Waals surface area contributed by atoms with E-state index in [4.69, 9.17) is 4.74 Å². The quantitative estimate of drug-likeness (QED) is 0.889. The lowest BCUT2D eigenvalue weighted by Gasteiger charge is -2.56. The van der Waals surface area contributed by atoms with Gasteiger partial charge in [-0.05, 0) is 43.5 Å². The van der Waals surface area contributed by atoms with Crippen LogP contribution in [0.2, 0.25) is 0 Å². The van der Waals surface area contributed by atoms with Crippen molar-refractivity contribution in [2.75, 3.05) is 32.8 Å². The van der Waals surface area contributed by atoms with E-state index in [2.05, 4.69) is 11.9 Å². The van der Waals surface area contributed by atoms with Crippen LogP contribution in [0.1, 0.15) is 43.0 Å². The minimum absolute atomic E-state index is 0.0413. The molecule has 28 heavy (non-hydrogen) atoms.